The lowest BCUT2D eigenvalue weighted by molar-refractivity contribution is -0.153. The maximum absolute atomic E-state index is 12.4. The topological polar surface area (TPSA) is 77.9 Å². The van der Waals surface area contributed by atoms with Crippen molar-refractivity contribution in [1.82, 2.24) is 9.80 Å². The van der Waals surface area contributed by atoms with E-state index in [1.54, 1.807) is 33.7 Å². The average Bonchev–Trinajstić information content (AvgIpc) is 2.95. The Kier molecular flexibility index (Phi) is 3.59. The van der Waals surface area contributed by atoms with E-state index in [0.29, 0.717) is 18.2 Å². The molecule has 2 heterocycles. The summed E-state index contributed by atoms with van der Waals surface area (Å²) in [6.07, 6.45) is 0. The Bertz CT molecular complexity index is 601. The first kappa shape index (κ1) is 13.9. The number of carboxylic acid groups (broad SMARTS) is 1. The van der Waals surface area contributed by atoms with Gasteiger partial charge in [0.05, 0.1) is 11.4 Å². The Morgan fingerprint density at radius 2 is 2.00 bits per heavy atom. The smallest absolute Gasteiger partial charge is 0.335 e. The Labute approximate surface area is 125 Å². The maximum Gasteiger partial charge on any atom is 0.335 e. The molecule has 0 spiro atoms. The Morgan fingerprint density at radius 1 is 1.29 bits per heavy atom. The minimum absolute atomic E-state index is 0.0215. The van der Waals surface area contributed by atoms with Crippen molar-refractivity contribution in [3.8, 4) is 0 Å². The summed E-state index contributed by atoms with van der Waals surface area (Å²) in [5.74, 6) is 0.216. The number of hydrogen-bond donors (Lipinski definition) is 1. The molecule has 3 rings (SSSR count). The Balaban J connectivity index is 1.73. The van der Waals surface area contributed by atoms with E-state index in [0.717, 1.165) is 5.56 Å². The fourth-order valence-electron chi connectivity index (χ4n) is 2.54. The Morgan fingerprint density at radius 3 is 2.67 bits per heavy atom. The molecule has 2 fully saturated rings. The van der Waals surface area contributed by atoms with Gasteiger partial charge in [-0.2, -0.15) is 0 Å². The minimum Gasteiger partial charge on any atom is -0.478 e. The number of amides is 2. The van der Waals surface area contributed by atoms with Crippen molar-refractivity contribution in [2.45, 2.75) is 12.6 Å². The van der Waals surface area contributed by atoms with E-state index >= 15 is 0 Å². The number of benzene rings is 1. The first-order chi connectivity index (χ1) is 10.1. The maximum atomic E-state index is 12.4. The molecule has 0 radical (unpaired) electrons. The van der Waals surface area contributed by atoms with Gasteiger partial charge in [-0.25, -0.2) is 4.79 Å². The quantitative estimate of drug-likeness (QED) is 0.886. The van der Waals surface area contributed by atoms with Gasteiger partial charge in [0.1, 0.15) is 12.6 Å². The number of piperazine rings is 1. The SMILES string of the molecule is O=C(O)c1ccc(CN2CC(=O)N3CSC[C@H]3C2=O)cc1. The van der Waals surface area contributed by atoms with E-state index in [-0.39, 0.29) is 30.0 Å². The summed E-state index contributed by atoms with van der Waals surface area (Å²) in [6.45, 7) is 0.427. The van der Waals surface area contributed by atoms with Crippen LogP contribution >= 0.6 is 11.8 Å². The van der Waals surface area contributed by atoms with Crippen LogP contribution in [0.5, 0.6) is 0 Å². The van der Waals surface area contributed by atoms with E-state index in [1.165, 1.54) is 12.1 Å². The van der Waals surface area contributed by atoms with Gasteiger partial charge in [-0.15, -0.1) is 11.8 Å². The molecule has 2 saturated heterocycles. The van der Waals surface area contributed by atoms with Gasteiger partial charge in [-0.3, -0.25) is 9.59 Å². The third-order valence-electron chi connectivity index (χ3n) is 3.70. The van der Waals surface area contributed by atoms with Gasteiger partial charge in [0.2, 0.25) is 11.8 Å². The summed E-state index contributed by atoms with van der Waals surface area (Å²) < 4.78 is 0. The third kappa shape index (κ3) is 2.61. The number of thioether (sulfide) groups is 1. The zero-order valence-electron chi connectivity index (χ0n) is 11.2. The second-order valence-electron chi connectivity index (χ2n) is 5.08. The molecule has 2 aliphatic rings. The fourth-order valence-corrected chi connectivity index (χ4v) is 3.71. The number of hydrogen-bond acceptors (Lipinski definition) is 4. The van der Waals surface area contributed by atoms with Crippen molar-refractivity contribution in [3.63, 3.8) is 0 Å². The van der Waals surface area contributed by atoms with Crippen molar-refractivity contribution in [2.24, 2.45) is 0 Å². The zero-order chi connectivity index (χ0) is 15.0. The summed E-state index contributed by atoms with van der Waals surface area (Å²) in [4.78, 5) is 38.4. The van der Waals surface area contributed by atoms with Crippen LogP contribution in [0.15, 0.2) is 24.3 Å². The molecule has 1 N–H and O–H groups in total. The fraction of sp³-hybridized carbons (Fsp3) is 0.357. The van der Waals surface area contributed by atoms with E-state index < -0.39 is 5.97 Å². The third-order valence-corrected chi connectivity index (χ3v) is 4.71. The molecule has 0 saturated carbocycles. The predicted octanol–water partition coefficient (Wildman–Crippen LogP) is 0.628. The summed E-state index contributed by atoms with van der Waals surface area (Å²) >= 11 is 1.59. The van der Waals surface area contributed by atoms with Gasteiger partial charge in [0, 0.05) is 12.3 Å². The number of carboxylic acids is 1. The molecule has 1 atom stereocenters. The molecule has 110 valence electrons. The van der Waals surface area contributed by atoms with Crippen molar-refractivity contribution < 1.29 is 19.5 Å². The summed E-state index contributed by atoms with van der Waals surface area (Å²) in [5, 5.41) is 8.86. The minimum atomic E-state index is -0.982. The van der Waals surface area contributed by atoms with Gasteiger partial charge < -0.3 is 14.9 Å². The summed E-state index contributed by atoms with van der Waals surface area (Å²) in [6, 6.07) is 6.03. The standard InChI is InChI=1S/C14H14N2O4S/c17-12-6-15(13(18)11-7-21-8-16(11)12)5-9-1-3-10(4-2-9)14(19)20/h1-4,11H,5-8H2,(H,19,20)/t11-/m0/s1. The molecule has 2 amide bonds. The van der Waals surface area contributed by atoms with Crippen molar-refractivity contribution in [1.29, 1.82) is 0 Å². The van der Waals surface area contributed by atoms with E-state index in [2.05, 4.69) is 0 Å². The van der Waals surface area contributed by atoms with Gasteiger partial charge in [0.15, 0.2) is 0 Å². The molecule has 0 aliphatic carbocycles. The molecule has 6 nitrogen and oxygen atoms in total. The molecule has 0 aromatic heterocycles. The van der Waals surface area contributed by atoms with Gasteiger partial charge >= 0.3 is 5.97 Å². The predicted molar refractivity (Wildman–Crippen MR) is 76.8 cm³/mol. The van der Waals surface area contributed by atoms with E-state index in [4.69, 9.17) is 5.11 Å². The highest BCUT2D eigenvalue weighted by molar-refractivity contribution is 7.99. The van der Waals surface area contributed by atoms with Crippen LogP contribution in [0.4, 0.5) is 0 Å². The van der Waals surface area contributed by atoms with Crippen LogP contribution in [-0.2, 0) is 16.1 Å². The zero-order valence-corrected chi connectivity index (χ0v) is 12.0. The van der Waals surface area contributed by atoms with Crippen molar-refractivity contribution in [2.75, 3.05) is 18.2 Å². The van der Waals surface area contributed by atoms with Crippen LogP contribution in [0, 0.1) is 0 Å². The lowest BCUT2D eigenvalue weighted by Crippen LogP contribution is -2.57. The highest BCUT2D eigenvalue weighted by Gasteiger charge is 2.42. The highest BCUT2D eigenvalue weighted by atomic mass is 32.2. The molecule has 7 heteroatoms. The van der Waals surface area contributed by atoms with Gasteiger partial charge in [-0.05, 0) is 17.7 Å². The second kappa shape index (κ2) is 5.40. The molecule has 0 unspecified atom stereocenters. The van der Waals surface area contributed by atoms with Crippen LogP contribution in [0.1, 0.15) is 15.9 Å². The number of nitrogens with zero attached hydrogens (tertiary/aromatic N) is 2. The largest absolute Gasteiger partial charge is 0.478 e. The average molecular weight is 306 g/mol. The summed E-state index contributed by atoms with van der Waals surface area (Å²) in [5.41, 5.74) is 1.03. The molecule has 2 aliphatic heterocycles. The van der Waals surface area contributed by atoms with Crippen molar-refractivity contribution >= 4 is 29.5 Å². The molecule has 0 bridgehead atoms. The molecule has 1 aromatic rings. The van der Waals surface area contributed by atoms with Crippen LogP contribution < -0.4 is 0 Å². The van der Waals surface area contributed by atoms with E-state index in [1.807, 2.05) is 0 Å². The van der Waals surface area contributed by atoms with Gasteiger partial charge in [0.25, 0.3) is 0 Å². The highest BCUT2D eigenvalue weighted by Crippen LogP contribution is 2.26. The van der Waals surface area contributed by atoms with Crippen molar-refractivity contribution in [3.05, 3.63) is 35.4 Å². The lowest BCUT2D eigenvalue weighted by atomic mass is 10.1. The molecular formula is C14H14N2O4S. The molecule has 21 heavy (non-hydrogen) atoms. The summed E-state index contributed by atoms with van der Waals surface area (Å²) in [7, 11) is 0. The first-order valence-electron chi connectivity index (χ1n) is 6.54. The lowest BCUT2D eigenvalue weighted by Gasteiger charge is -2.35. The van der Waals surface area contributed by atoms with Crippen LogP contribution in [0.2, 0.25) is 0 Å². The number of carbonyl (C=O) groups excluding carboxylic acids is 2. The monoisotopic (exact) mass is 306 g/mol. The van der Waals surface area contributed by atoms with Gasteiger partial charge in [-0.1, -0.05) is 12.1 Å². The number of rotatable bonds is 3. The number of fused-ring (bicyclic) bond motifs is 1. The number of carbonyl (C=O) groups is 3. The molecular weight excluding hydrogens is 292 g/mol. The Hall–Kier alpha value is -2.02. The van der Waals surface area contributed by atoms with E-state index in [9.17, 15) is 14.4 Å². The normalized spacial score (nSPS) is 21.6. The number of aromatic carboxylic acids is 1. The van der Waals surface area contributed by atoms with Crippen LogP contribution in [-0.4, -0.2) is 56.9 Å². The second-order valence-corrected chi connectivity index (χ2v) is 6.08. The van der Waals surface area contributed by atoms with Crippen LogP contribution in [0.3, 0.4) is 0 Å². The first-order valence-corrected chi connectivity index (χ1v) is 7.70. The molecule has 1 aromatic carbocycles. The van der Waals surface area contributed by atoms with Crippen LogP contribution in [0.25, 0.3) is 0 Å².